The normalized spacial score (nSPS) is 29.2. The van der Waals surface area contributed by atoms with Crippen LogP contribution in [0.4, 0.5) is 0 Å². The van der Waals surface area contributed by atoms with Crippen molar-refractivity contribution >= 4 is 23.2 Å². The summed E-state index contributed by atoms with van der Waals surface area (Å²) >= 11 is 5.05. The van der Waals surface area contributed by atoms with Crippen LogP contribution in [0.2, 0.25) is 0 Å². The molecule has 0 radical (unpaired) electrons. The van der Waals surface area contributed by atoms with E-state index in [4.69, 9.17) is 36.9 Å². The first-order chi connectivity index (χ1) is 12.3. The van der Waals surface area contributed by atoms with Gasteiger partial charge in [0.2, 0.25) is 0 Å². The van der Waals surface area contributed by atoms with Crippen molar-refractivity contribution in [1.82, 2.24) is 10.4 Å². The minimum absolute atomic E-state index is 0.0453. The number of benzene rings is 1. The second kappa shape index (κ2) is 7.45. The molecule has 2 saturated heterocycles. The van der Waals surface area contributed by atoms with Crippen LogP contribution < -0.4 is 11.2 Å². The number of hydrogen-bond donors (Lipinski definition) is 2. The van der Waals surface area contributed by atoms with E-state index in [1.165, 1.54) is 12.1 Å². The molecule has 0 spiro atoms. The second-order valence-electron chi connectivity index (χ2n) is 6.61. The quantitative estimate of drug-likeness (QED) is 0.580. The molecule has 3 N–H and O–H groups in total. The first-order valence-electron chi connectivity index (χ1n) is 8.26. The highest BCUT2D eigenvalue weighted by Gasteiger charge is 2.58. The van der Waals surface area contributed by atoms with Crippen molar-refractivity contribution in [2.45, 2.75) is 50.8 Å². The summed E-state index contributed by atoms with van der Waals surface area (Å²) in [5.41, 5.74) is 9.41. The zero-order valence-corrected chi connectivity index (χ0v) is 15.7. The van der Waals surface area contributed by atoms with Gasteiger partial charge >= 0.3 is 0 Å². The number of nitrogens with one attached hydrogen (secondary N) is 1. The minimum atomic E-state index is -0.903. The maximum absolute atomic E-state index is 12.8. The maximum Gasteiger partial charge on any atom is 0.270 e. The van der Waals surface area contributed by atoms with Gasteiger partial charge < -0.3 is 24.7 Å². The fourth-order valence-electron chi connectivity index (χ4n) is 3.10. The number of carbonyl (C=O) groups excluding carboxylic acids is 1. The molecule has 2 aliphatic heterocycles. The first kappa shape index (κ1) is 19.0. The molecule has 8 nitrogen and oxygen atoms in total. The predicted octanol–water partition coefficient (Wildman–Crippen LogP) is 0.655. The number of nitrogens with zero attached hydrogens (tertiary/aromatic N) is 1. The summed E-state index contributed by atoms with van der Waals surface area (Å²) in [7, 11) is 1.49. The fraction of sp³-hybridized carbons (Fsp3) is 0.529. The molecule has 2 heterocycles. The number of ether oxygens (including phenoxy) is 4. The highest BCUT2D eigenvalue weighted by atomic mass is 32.1. The molecule has 0 aliphatic carbocycles. The molecule has 2 aliphatic rings. The van der Waals surface area contributed by atoms with Crippen LogP contribution in [0.5, 0.6) is 0 Å². The molecule has 26 heavy (non-hydrogen) atoms. The fourth-order valence-corrected chi connectivity index (χ4v) is 3.21. The molecule has 0 saturated carbocycles. The van der Waals surface area contributed by atoms with E-state index < -0.39 is 36.3 Å². The van der Waals surface area contributed by atoms with Crippen LogP contribution in [0.1, 0.15) is 19.4 Å². The van der Waals surface area contributed by atoms with Gasteiger partial charge in [-0.3, -0.25) is 15.2 Å². The summed E-state index contributed by atoms with van der Waals surface area (Å²) in [5.74, 6) is -1.24. The lowest BCUT2D eigenvalue weighted by Crippen LogP contribution is -2.53. The minimum Gasteiger partial charge on any atom is -0.375 e. The molecule has 142 valence electrons. The Morgan fingerprint density at radius 1 is 1.31 bits per heavy atom. The summed E-state index contributed by atoms with van der Waals surface area (Å²) in [6.45, 7) is 3.90. The van der Waals surface area contributed by atoms with Gasteiger partial charge in [0.05, 0.1) is 6.54 Å². The molecule has 0 unspecified atom stereocenters. The van der Waals surface area contributed by atoms with Gasteiger partial charge in [-0.1, -0.05) is 30.3 Å². The molecule has 1 amide bonds. The molecule has 0 bridgehead atoms. The number of rotatable bonds is 4. The Balaban J connectivity index is 1.70. The van der Waals surface area contributed by atoms with Crippen LogP contribution in [0.25, 0.3) is 0 Å². The van der Waals surface area contributed by atoms with E-state index in [0.717, 1.165) is 5.56 Å². The van der Waals surface area contributed by atoms with Crippen molar-refractivity contribution in [3.63, 3.8) is 0 Å². The van der Waals surface area contributed by atoms with Gasteiger partial charge in [-0.15, -0.1) is 0 Å². The van der Waals surface area contributed by atoms with Gasteiger partial charge in [0.1, 0.15) is 12.2 Å². The molecule has 1 aromatic rings. The van der Waals surface area contributed by atoms with Gasteiger partial charge in [-0.25, -0.2) is 0 Å². The smallest absolute Gasteiger partial charge is 0.270 e. The van der Waals surface area contributed by atoms with Crippen LogP contribution in [0.15, 0.2) is 30.3 Å². The Morgan fingerprint density at radius 3 is 2.58 bits per heavy atom. The van der Waals surface area contributed by atoms with Crippen LogP contribution >= 0.6 is 12.2 Å². The van der Waals surface area contributed by atoms with E-state index in [2.05, 4.69) is 5.43 Å². The molecule has 3 rings (SSSR count). The number of thiocarbonyl (C=S) groups is 1. The zero-order valence-electron chi connectivity index (χ0n) is 14.9. The molecule has 9 heteroatoms. The SMILES string of the molecule is CO[C@@H]1O[C@H](C(=O)NN(Cc2ccccc2)C(N)=S)[C@H]2OC(C)(C)O[C@@H]12. The lowest BCUT2D eigenvalue weighted by Gasteiger charge is -2.27. The summed E-state index contributed by atoms with van der Waals surface area (Å²) in [6.07, 6.45) is -2.66. The number of hydrogen-bond acceptors (Lipinski definition) is 6. The van der Waals surface area contributed by atoms with E-state index in [9.17, 15) is 4.79 Å². The maximum atomic E-state index is 12.8. The number of fused-ring (bicyclic) bond motifs is 1. The summed E-state index contributed by atoms with van der Waals surface area (Å²) in [4.78, 5) is 12.8. The van der Waals surface area contributed by atoms with E-state index in [1.807, 2.05) is 30.3 Å². The van der Waals surface area contributed by atoms with E-state index in [0.29, 0.717) is 6.54 Å². The van der Waals surface area contributed by atoms with Crippen molar-refractivity contribution in [2.24, 2.45) is 5.73 Å². The van der Waals surface area contributed by atoms with Gasteiger partial charge in [-0.2, -0.15) is 0 Å². The highest BCUT2D eigenvalue weighted by molar-refractivity contribution is 7.80. The number of hydrazine groups is 1. The van der Waals surface area contributed by atoms with Crippen LogP contribution in [-0.4, -0.2) is 53.5 Å². The average molecular weight is 381 g/mol. The van der Waals surface area contributed by atoms with Crippen LogP contribution in [-0.2, 0) is 30.3 Å². The average Bonchev–Trinajstić information content (AvgIpc) is 3.07. The standard InChI is InChI=1S/C17H23N3O5S/c1-17(2)24-11-12(23-15(22-3)13(11)25-17)14(21)19-20(16(18)26)9-10-7-5-4-6-8-10/h4-8,11-13,15H,9H2,1-3H3,(H2,18,26)(H,19,21)/t11-,12+,13-,15-/m1/s1. The third kappa shape index (κ3) is 3.97. The number of carbonyl (C=O) groups is 1. The Morgan fingerprint density at radius 2 is 1.96 bits per heavy atom. The Kier molecular flexibility index (Phi) is 5.44. The molecule has 2 fully saturated rings. The topological polar surface area (TPSA) is 95.3 Å². The molecular weight excluding hydrogens is 358 g/mol. The van der Waals surface area contributed by atoms with Gasteiger partial charge in [0, 0.05) is 7.11 Å². The van der Waals surface area contributed by atoms with Crippen LogP contribution in [0.3, 0.4) is 0 Å². The Hall–Kier alpha value is -1.78. The number of methoxy groups -OCH3 is 1. The predicted molar refractivity (Wildman–Crippen MR) is 96.4 cm³/mol. The number of nitrogens with two attached hydrogens (primary N) is 1. The van der Waals surface area contributed by atoms with Crippen molar-refractivity contribution in [3.05, 3.63) is 35.9 Å². The molecule has 1 aromatic carbocycles. The number of amides is 1. The molecule has 4 atom stereocenters. The zero-order chi connectivity index (χ0) is 18.9. The van der Waals surface area contributed by atoms with Crippen molar-refractivity contribution in [1.29, 1.82) is 0 Å². The van der Waals surface area contributed by atoms with Gasteiger partial charge in [0.25, 0.3) is 5.91 Å². The highest BCUT2D eigenvalue weighted by Crippen LogP contribution is 2.38. The lowest BCUT2D eigenvalue weighted by atomic mass is 10.1. The summed E-state index contributed by atoms with van der Waals surface area (Å²) < 4.78 is 22.6. The Bertz CT molecular complexity index is 672. The van der Waals surface area contributed by atoms with E-state index in [1.54, 1.807) is 13.8 Å². The summed E-state index contributed by atoms with van der Waals surface area (Å²) in [5, 5.41) is 1.44. The van der Waals surface area contributed by atoms with E-state index >= 15 is 0 Å². The summed E-state index contributed by atoms with van der Waals surface area (Å²) in [6, 6.07) is 9.53. The third-order valence-electron chi connectivity index (χ3n) is 4.20. The van der Waals surface area contributed by atoms with Gasteiger partial charge in [0.15, 0.2) is 23.3 Å². The monoisotopic (exact) mass is 381 g/mol. The second-order valence-corrected chi connectivity index (χ2v) is 7.03. The third-order valence-corrected chi connectivity index (χ3v) is 4.42. The van der Waals surface area contributed by atoms with Gasteiger partial charge in [-0.05, 0) is 31.6 Å². The van der Waals surface area contributed by atoms with Crippen molar-refractivity contribution < 1.29 is 23.7 Å². The van der Waals surface area contributed by atoms with E-state index in [-0.39, 0.29) is 5.11 Å². The van der Waals surface area contributed by atoms with Crippen molar-refractivity contribution in [3.8, 4) is 0 Å². The molecule has 0 aromatic heterocycles. The first-order valence-corrected chi connectivity index (χ1v) is 8.67. The van der Waals surface area contributed by atoms with Crippen molar-refractivity contribution in [2.75, 3.05) is 7.11 Å². The van der Waals surface area contributed by atoms with Crippen LogP contribution in [0, 0.1) is 0 Å². The molecular formula is C17H23N3O5S. The Labute approximate surface area is 157 Å². The lowest BCUT2D eigenvalue weighted by molar-refractivity contribution is -0.226. The largest absolute Gasteiger partial charge is 0.375 e.